The molecular weight excluding hydrogens is 470 g/mol. The molecule has 0 saturated carbocycles. The summed E-state index contributed by atoms with van der Waals surface area (Å²) in [6.45, 7) is 0. The van der Waals surface area contributed by atoms with Gasteiger partial charge in [0.05, 0.1) is 0 Å². The van der Waals surface area contributed by atoms with E-state index in [0.717, 1.165) is 0 Å². The fourth-order valence-electron chi connectivity index (χ4n) is 3.09. The van der Waals surface area contributed by atoms with Crippen molar-refractivity contribution in [2.24, 2.45) is 0 Å². The van der Waals surface area contributed by atoms with Crippen molar-refractivity contribution in [1.82, 2.24) is 0 Å². The second-order valence-electron chi connectivity index (χ2n) is 7.15. The van der Waals surface area contributed by atoms with E-state index in [1.165, 1.54) is 0 Å². The first-order valence-electron chi connectivity index (χ1n) is 6.58. The van der Waals surface area contributed by atoms with E-state index in [-0.39, 0.29) is 0 Å². The molecule has 0 amide bonds. The second kappa shape index (κ2) is 5.30. The van der Waals surface area contributed by atoms with E-state index in [0.29, 0.717) is 6.03 Å². The van der Waals surface area contributed by atoms with Crippen LogP contribution in [0.25, 0.3) is 0 Å². The van der Waals surface area contributed by atoms with Crippen molar-refractivity contribution in [3.05, 3.63) is 34.5 Å². The predicted octanol–water partition coefficient (Wildman–Crippen LogP) is 5.59. The van der Waals surface area contributed by atoms with Crippen molar-refractivity contribution in [3.8, 4) is 0 Å². The molecule has 1 aliphatic rings. The SMILES string of the molecule is [CH3][Sn]([CH3])([CH3])[C]1([Sn]([CH3])([CH3])[CH3])C=CC(c2cccs2)S1. The van der Waals surface area contributed by atoms with E-state index in [9.17, 15) is 0 Å². The third-order valence-corrected chi connectivity index (χ3v) is 58.8. The summed E-state index contributed by atoms with van der Waals surface area (Å²) in [4.78, 5) is 17.3. The molecule has 2 heterocycles. The van der Waals surface area contributed by atoms with E-state index in [4.69, 9.17) is 0 Å². The Kier molecular flexibility index (Phi) is 4.64. The molecule has 0 saturated heterocycles. The molecule has 1 unspecified atom stereocenters. The van der Waals surface area contributed by atoms with Crippen molar-refractivity contribution in [3.63, 3.8) is 0 Å². The van der Waals surface area contributed by atoms with Crippen molar-refractivity contribution < 1.29 is 0 Å². The van der Waals surface area contributed by atoms with Crippen molar-refractivity contribution in [2.45, 2.75) is 35.7 Å². The van der Waals surface area contributed by atoms with Crippen LogP contribution < -0.4 is 0 Å². The molecular formula is C14H24S2Sn2. The molecule has 18 heavy (non-hydrogen) atoms. The zero-order valence-corrected chi connectivity index (χ0v) is 19.6. The van der Waals surface area contributed by atoms with E-state index >= 15 is 0 Å². The van der Waals surface area contributed by atoms with Gasteiger partial charge in [-0.1, -0.05) is 0 Å². The summed E-state index contributed by atoms with van der Waals surface area (Å²) in [5, 5.41) is 2.85. The van der Waals surface area contributed by atoms with Gasteiger partial charge in [0.2, 0.25) is 0 Å². The van der Waals surface area contributed by atoms with Crippen LogP contribution in [0.5, 0.6) is 0 Å². The van der Waals surface area contributed by atoms with Crippen molar-refractivity contribution in [1.29, 1.82) is 0 Å². The van der Waals surface area contributed by atoms with Gasteiger partial charge in [0.1, 0.15) is 0 Å². The number of rotatable bonds is 3. The van der Waals surface area contributed by atoms with Crippen LogP contribution in [-0.4, -0.2) is 37.5 Å². The Bertz CT molecular complexity index is 421. The Balaban J connectivity index is 2.36. The van der Waals surface area contributed by atoms with Crippen LogP contribution in [0.4, 0.5) is 0 Å². The van der Waals surface area contributed by atoms with Crippen molar-refractivity contribution >= 4 is 59.9 Å². The first-order valence-corrected chi connectivity index (χ1v) is 28.3. The van der Waals surface area contributed by atoms with Crippen LogP contribution in [0, 0.1) is 0 Å². The topological polar surface area (TPSA) is 0 Å². The molecule has 0 N–H and O–H groups in total. The third-order valence-electron chi connectivity index (χ3n) is 3.87. The van der Waals surface area contributed by atoms with E-state index < -0.39 is 36.8 Å². The maximum atomic E-state index is 2.66. The number of thioether (sulfide) groups is 1. The molecule has 1 aliphatic heterocycles. The predicted molar refractivity (Wildman–Crippen MR) is 93.2 cm³/mol. The minimum atomic E-state index is -1.98. The van der Waals surface area contributed by atoms with Crippen LogP contribution in [0.2, 0.25) is 29.6 Å². The van der Waals surface area contributed by atoms with Crippen LogP contribution in [0.3, 0.4) is 0 Å². The van der Waals surface area contributed by atoms with Gasteiger partial charge >= 0.3 is 130 Å². The van der Waals surface area contributed by atoms with Gasteiger partial charge in [-0.15, -0.1) is 0 Å². The zero-order chi connectivity index (χ0) is 13.6. The third kappa shape index (κ3) is 2.73. The summed E-state index contributed by atoms with van der Waals surface area (Å²) in [7, 11) is 0. The summed E-state index contributed by atoms with van der Waals surface area (Å²) in [6, 6.07) is 4.49. The standard InChI is InChI=1S/C8H6S2.6CH3.2Sn/c1-3-7(9-5-1)8-4-2-6-10-8;;;;;;;;/h1-5,8H;6*1H3;;. The molecule has 1 aromatic heterocycles. The molecule has 100 valence electrons. The van der Waals surface area contributed by atoms with E-state index in [1.54, 1.807) is 4.88 Å². The molecule has 0 radical (unpaired) electrons. The van der Waals surface area contributed by atoms with Gasteiger partial charge in [0.15, 0.2) is 0 Å². The Morgan fingerprint density at radius 1 is 1.06 bits per heavy atom. The van der Waals surface area contributed by atoms with E-state index in [1.807, 2.05) is 11.3 Å². The van der Waals surface area contributed by atoms with Crippen LogP contribution in [-0.2, 0) is 0 Å². The average Bonchev–Trinajstić information content (AvgIpc) is 2.84. The van der Waals surface area contributed by atoms with Gasteiger partial charge in [0.25, 0.3) is 0 Å². The quantitative estimate of drug-likeness (QED) is 0.391. The maximum absolute atomic E-state index is 2.66. The summed E-state index contributed by atoms with van der Waals surface area (Å²) in [6.07, 6.45) is 5.18. The van der Waals surface area contributed by atoms with Gasteiger partial charge < -0.3 is 0 Å². The van der Waals surface area contributed by atoms with E-state index in [2.05, 4.69) is 71.1 Å². The molecule has 0 aliphatic carbocycles. The van der Waals surface area contributed by atoms with Gasteiger partial charge in [0, 0.05) is 0 Å². The molecule has 4 heteroatoms. The normalized spacial score (nSPS) is 23.6. The summed E-state index contributed by atoms with van der Waals surface area (Å²) in [5.74, 6) is 0. The molecule has 1 aromatic rings. The molecule has 1 atom stereocenters. The van der Waals surface area contributed by atoms with Crippen LogP contribution in [0.1, 0.15) is 10.1 Å². The molecule has 0 nitrogen and oxygen atoms in total. The Morgan fingerprint density at radius 3 is 2.06 bits per heavy atom. The van der Waals surface area contributed by atoms with Crippen molar-refractivity contribution in [2.75, 3.05) is 0 Å². The van der Waals surface area contributed by atoms with Gasteiger partial charge in [-0.3, -0.25) is 0 Å². The first-order chi connectivity index (χ1) is 8.17. The monoisotopic (exact) mass is 496 g/mol. The van der Waals surface area contributed by atoms with Gasteiger partial charge in [-0.05, 0) is 0 Å². The molecule has 2 rings (SSSR count). The first kappa shape index (κ1) is 15.8. The Hall–Kier alpha value is 1.39. The fourth-order valence-corrected chi connectivity index (χ4v) is 66.8. The van der Waals surface area contributed by atoms with Crippen LogP contribution >= 0.6 is 23.1 Å². The summed E-state index contributed by atoms with van der Waals surface area (Å²) >= 11 is 0.270. The van der Waals surface area contributed by atoms with Gasteiger partial charge in [-0.2, -0.15) is 0 Å². The zero-order valence-electron chi connectivity index (χ0n) is 12.3. The molecule has 0 aromatic carbocycles. The number of hydrogen-bond acceptors (Lipinski definition) is 2. The number of thiophene rings is 1. The summed E-state index contributed by atoms with van der Waals surface area (Å²) < 4.78 is 0.623. The second-order valence-corrected chi connectivity index (χ2v) is 45.8. The Labute approximate surface area is 128 Å². The molecule has 0 fully saturated rings. The fraction of sp³-hybridized carbons (Fsp3) is 0.571. The van der Waals surface area contributed by atoms with Crippen LogP contribution in [0.15, 0.2) is 29.7 Å². The molecule has 0 spiro atoms. The van der Waals surface area contributed by atoms with Gasteiger partial charge in [-0.25, -0.2) is 0 Å². The minimum absolute atomic E-state index is 0.623. The Morgan fingerprint density at radius 2 is 1.67 bits per heavy atom. The molecule has 0 bridgehead atoms. The average molecular weight is 494 g/mol. The summed E-state index contributed by atoms with van der Waals surface area (Å²) in [5.41, 5.74) is 0. The number of hydrogen-bond donors (Lipinski definition) is 0.